The van der Waals surface area contributed by atoms with E-state index in [1.165, 1.54) is 71.3 Å². The third kappa shape index (κ3) is 5.30. The minimum Gasteiger partial charge on any atom is -0.310 e. The Kier molecular flexibility index (Phi) is 7.44. The van der Waals surface area contributed by atoms with E-state index >= 15 is 0 Å². The van der Waals surface area contributed by atoms with Crippen molar-refractivity contribution < 1.29 is 0 Å². The lowest BCUT2D eigenvalue weighted by atomic mass is 9.91. The fourth-order valence-electron chi connectivity index (χ4n) is 7.47. The van der Waals surface area contributed by atoms with Gasteiger partial charge in [-0.25, -0.2) is 0 Å². The van der Waals surface area contributed by atoms with E-state index in [-0.39, 0.29) is 0 Å². The number of fused-ring (bicyclic) bond motifs is 6. The summed E-state index contributed by atoms with van der Waals surface area (Å²) in [6.07, 6.45) is 0. The molecule has 0 aliphatic heterocycles. The van der Waals surface area contributed by atoms with E-state index in [0.717, 1.165) is 17.1 Å². The van der Waals surface area contributed by atoms with Crippen molar-refractivity contribution in [1.82, 2.24) is 0 Å². The van der Waals surface area contributed by atoms with Crippen molar-refractivity contribution >= 4 is 49.4 Å². The van der Waals surface area contributed by atoms with E-state index in [1.807, 2.05) is 0 Å². The molecule has 0 atom stereocenters. The Morgan fingerprint density at radius 1 is 0.280 bits per heavy atom. The van der Waals surface area contributed by atoms with Gasteiger partial charge in [-0.1, -0.05) is 152 Å². The highest BCUT2D eigenvalue weighted by Gasteiger charge is 2.17. The van der Waals surface area contributed by atoms with Crippen molar-refractivity contribution in [1.29, 1.82) is 0 Å². The highest BCUT2D eigenvalue weighted by atomic mass is 15.1. The van der Waals surface area contributed by atoms with Crippen LogP contribution < -0.4 is 4.90 Å². The average molecular weight is 638 g/mol. The largest absolute Gasteiger partial charge is 0.310 e. The molecule has 0 unspecified atom stereocenters. The van der Waals surface area contributed by atoms with Crippen LogP contribution in [0.4, 0.5) is 17.1 Å². The van der Waals surface area contributed by atoms with Crippen LogP contribution in [-0.2, 0) is 0 Å². The van der Waals surface area contributed by atoms with Crippen LogP contribution in [0, 0.1) is 6.92 Å². The Morgan fingerprint density at radius 3 is 1.12 bits per heavy atom. The number of benzene rings is 9. The molecule has 9 aromatic carbocycles. The molecule has 0 bridgehead atoms. The van der Waals surface area contributed by atoms with Crippen molar-refractivity contribution in [2.24, 2.45) is 0 Å². The molecule has 0 saturated heterocycles. The van der Waals surface area contributed by atoms with Crippen molar-refractivity contribution in [3.05, 3.63) is 200 Å². The molecule has 1 nitrogen and oxygen atoms in total. The molecule has 50 heavy (non-hydrogen) atoms. The lowest BCUT2D eigenvalue weighted by Gasteiger charge is -2.28. The summed E-state index contributed by atoms with van der Waals surface area (Å²) in [6, 6.07) is 70.4. The van der Waals surface area contributed by atoms with Gasteiger partial charge in [-0.05, 0) is 121 Å². The molecule has 0 aliphatic carbocycles. The highest BCUT2D eigenvalue weighted by molar-refractivity contribution is 6.25. The fraction of sp³-hybridized carbons (Fsp3) is 0.0204. The number of nitrogens with zero attached hydrogens (tertiary/aromatic N) is 1. The summed E-state index contributed by atoms with van der Waals surface area (Å²) in [5.41, 5.74) is 11.9. The Hall–Kier alpha value is -6.44. The summed E-state index contributed by atoms with van der Waals surface area (Å²) >= 11 is 0. The van der Waals surface area contributed by atoms with Gasteiger partial charge in [0.1, 0.15) is 0 Å². The van der Waals surface area contributed by atoms with Gasteiger partial charge in [-0.2, -0.15) is 0 Å². The van der Waals surface area contributed by atoms with E-state index in [4.69, 9.17) is 0 Å². The lowest BCUT2D eigenvalue weighted by molar-refractivity contribution is 1.25. The highest BCUT2D eigenvalue weighted by Crippen LogP contribution is 2.41. The lowest BCUT2D eigenvalue weighted by Crippen LogP contribution is -2.11. The Morgan fingerprint density at radius 2 is 0.640 bits per heavy atom. The maximum Gasteiger partial charge on any atom is 0.0491 e. The van der Waals surface area contributed by atoms with Gasteiger partial charge >= 0.3 is 0 Å². The molecule has 0 aromatic heterocycles. The third-order valence-corrected chi connectivity index (χ3v) is 9.98. The van der Waals surface area contributed by atoms with E-state index in [0.29, 0.717) is 0 Å². The maximum absolute atomic E-state index is 2.38. The van der Waals surface area contributed by atoms with Crippen molar-refractivity contribution in [3.63, 3.8) is 0 Å². The van der Waals surface area contributed by atoms with Gasteiger partial charge in [-0.15, -0.1) is 0 Å². The molecule has 0 fully saturated rings. The van der Waals surface area contributed by atoms with Crippen LogP contribution in [0.15, 0.2) is 194 Å². The zero-order valence-electron chi connectivity index (χ0n) is 27.9. The molecule has 9 rings (SSSR count). The standard InChI is InChI=1S/C49H35N/c1-34-32-39(40-24-30-47-45-18-9-8-16-43(45)44-17-10-11-19-46(44)48(47)33-40)25-31-49(34)50(41-26-20-37(21-27-41)35-12-4-2-5-13-35)42-28-22-38(23-29-42)36-14-6-3-7-15-36/h2-33H,1H3. The van der Waals surface area contributed by atoms with E-state index in [9.17, 15) is 0 Å². The zero-order valence-corrected chi connectivity index (χ0v) is 27.9. The minimum atomic E-state index is 1.12. The molecule has 0 N–H and O–H groups in total. The predicted octanol–water partition coefficient (Wildman–Crippen LogP) is 13.9. The number of hydrogen-bond donors (Lipinski definition) is 0. The smallest absolute Gasteiger partial charge is 0.0491 e. The number of aryl methyl sites for hydroxylation is 1. The first-order chi connectivity index (χ1) is 24.7. The molecular weight excluding hydrogens is 603 g/mol. The first-order valence-electron chi connectivity index (χ1n) is 17.3. The third-order valence-electron chi connectivity index (χ3n) is 9.98. The topological polar surface area (TPSA) is 3.24 Å². The van der Waals surface area contributed by atoms with Crippen LogP contribution in [-0.4, -0.2) is 0 Å². The predicted molar refractivity (Wildman–Crippen MR) is 215 cm³/mol. The van der Waals surface area contributed by atoms with E-state index in [1.54, 1.807) is 0 Å². The molecule has 0 amide bonds. The molecule has 0 aliphatic rings. The first kappa shape index (κ1) is 29.7. The second-order valence-corrected chi connectivity index (χ2v) is 13.0. The van der Waals surface area contributed by atoms with Gasteiger partial charge in [0, 0.05) is 17.1 Å². The Labute approximate surface area is 293 Å². The monoisotopic (exact) mass is 637 g/mol. The normalized spacial score (nSPS) is 11.3. The summed E-state index contributed by atoms with van der Waals surface area (Å²) in [5.74, 6) is 0. The van der Waals surface area contributed by atoms with Crippen LogP contribution >= 0.6 is 0 Å². The summed E-state index contributed by atoms with van der Waals surface area (Å²) in [5, 5.41) is 7.77. The number of anilines is 3. The SMILES string of the molecule is Cc1cc(-c2ccc3c4ccccc4c4ccccc4c3c2)ccc1N(c1ccc(-c2ccccc2)cc1)c1ccc(-c2ccccc2)cc1. The average Bonchev–Trinajstić information content (AvgIpc) is 3.20. The Balaban J connectivity index is 1.14. The first-order valence-corrected chi connectivity index (χ1v) is 17.3. The molecule has 9 aromatic rings. The minimum absolute atomic E-state index is 1.12. The van der Waals surface area contributed by atoms with Crippen LogP contribution in [0.2, 0.25) is 0 Å². The van der Waals surface area contributed by atoms with Crippen LogP contribution in [0.25, 0.3) is 65.7 Å². The number of hydrogen-bond acceptors (Lipinski definition) is 1. The fourth-order valence-corrected chi connectivity index (χ4v) is 7.47. The van der Waals surface area contributed by atoms with Gasteiger partial charge in [0.05, 0.1) is 0 Å². The molecule has 1 heteroatoms. The van der Waals surface area contributed by atoms with Gasteiger partial charge in [0.25, 0.3) is 0 Å². The molecule has 236 valence electrons. The van der Waals surface area contributed by atoms with Crippen molar-refractivity contribution in [3.8, 4) is 33.4 Å². The van der Waals surface area contributed by atoms with E-state index < -0.39 is 0 Å². The van der Waals surface area contributed by atoms with Crippen LogP contribution in [0.3, 0.4) is 0 Å². The summed E-state index contributed by atoms with van der Waals surface area (Å²) in [4.78, 5) is 2.38. The van der Waals surface area contributed by atoms with Crippen LogP contribution in [0.1, 0.15) is 5.56 Å². The second-order valence-electron chi connectivity index (χ2n) is 13.0. The summed E-state index contributed by atoms with van der Waals surface area (Å²) in [6.45, 7) is 2.23. The quantitative estimate of drug-likeness (QED) is 0.164. The Bertz CT molecular complexity index is 2500. The zero-order chi connectivity index (χ0) is 33.4. The second kappa shape index (κ2) is 12.5. The molecule has 0 saturated carbocycles. The molecule has 0 heterocycles. The van der Waals surface area contributed by atoms with Crippen molar-refractivity contribution in [2.45, 2.75) is 6.92 Å². The maximum atomic E-state index is 2.38. The molecule has 0 radical (unpaired) electrons. The van der Waals surface area contributed by atoms with Gasteiger partial charge in [-0.3, -0.25) is 0 Å². The van der Waals surface area contributed by atoms with Crippen LogP contribution in [0.5, 0.6) is 0 Å². The number of rotatable bonds is 6. The van der Waals surface area contributed by atoms with Crippen molar-refractivity contribution in [2.75, 3.05) is 4.90 Å². The van der Waals surface area contributed by atoms with Gasteiger partial charge in [0.2, 0.25) is 0 Å². The van der Waals surface area contributed by atoms with Gasteiger partial charge in [0.15, 0.2) is 0 Å². The molecular formula is C49H35N. The van der Waals surface area contributed by atoms with Gasteiger partial charge < -0.3 is 4.90 Å². The summed E-state index contributed by atoms with van der Waals surface area (Å²) in [7, 11) is 0. The van der Waals surface area contributed by atoms with E-state index in [2.05, 4.69) is 206 Å². The summed E-state index contributed by atoms with van der Waals surface area (Å²) < 4.78 is 0. The molecule has 0 spiro atoms.